The molecular weight excluding hydrogens is 398 g/mol. The molecule has 0 saturated carbocycles. The van der Waals surface area contributed by atoms with Crippen LogP contribution >= 0.6 is 11.3 Å². The predicted molar refractivity (Wildman–Crippen MR) is 116 cm³/mol. The second kappa shape index (κ2) is 8.38. The molecule has 0 radical (unpaired) electrons. The first-order valence-corrected chi connectivity index (χ1v) is 10.2. The molecule has 0 spiro atoms. The third kappa shape index (κ3) is 4.04. The van der Waals surface area contributed by atoms with Crippen LogP contribution in [0.3, 0.4) is 0 Å². The van der Waals surface area contributed by atoms with E-state index in [1.165, 1.54) is 17.4 Å². The van der Waals surface area contributed by atoms with Gasteiger partial charge in [-0.25, -0.2) is 9.67 Å². The number of hydrogen-bond donors (Lipinski definition) is 1. The second-order valence-corrected chi connectivity index (χ2v) is 7.64. The maximum absolute atomic E-state index is 12.8. The average molecular weight is 417 g/mol. The molecule has 7 nitrogen and oxygen atoms in total. The molecule has 0 aliphatic carbocycles. The summed E-state index contributed by atoms with van der Waals surface area (Å²) >= 11 is 1.45. The van der Waals surface area contributed by atoms with E-state index in [0.29, 0.717) is 5.69 Å². The summed E-state index contributed by atoms with van der Waals surface area (Å²) in [4.78, 5) is 33.8. The number of pyridine rings is 1. The number of carbonyl (C=O) groups excluding carboxylic acids is 1. The minimum Gasteiger partial charge on any atom is -0.342 e. The summed E-state index contributed by atoms with van der Waals surface area (Å²) in [5, 5.41) is 9.82. The molecule has 1 atom stereocenters. The molecular formula is C22H19N5O2S. The van der Waals surface area contributed by atoms with Crippen molar-refractivity contribution in [2.75, 3.05) is 0 Å². The summed E-state index contributed by atoms with van der Waals surface area (Å²) in [6.07, 6.45) is 3.42. The van der Waals surface area contributed by atoms with Crippen molar-refractivity contribution in [1.82, 2.24) is 25.1 Å². The van der Waals surface area contributed by atoms with E-state index >= 15 is 0 Å². The first-order valence-electron chi connectivity index (χ1n) is 9.36. The van der Waals surface area contributed by atoms with E-state index in [1.54, 1.807) is 24.0 Å². The number of aromatic nitrogens is 4. The number of thiazole rings is 1. The average Bonchev–Trinajstić information content (AvgIpc) is 3.25. The number of para-hydroxylation sites is 1. The molecule has 3 aromatic heterocycles. The first kappa shape index (κ1) is 19.7. The molecule has 1 aromatic carbocycles. The highest BCUT2D eigenvalue weighted by molar-refractivity contribution is 7.10. The molecule has 0 fully saturated rings. The number of carbonyl (C=O) groups is 1. The van der Waals surface area contributed by atoms with Gasteiger partial charge in [0.2, 0.25) is 5.43 Å². The maximum Gasteiger partial charge on any atom is 0.276 e. The lowest BCUT2D eigenvalue weighted by atomic mass is 10.2. The number of rotatable bonds is 5. The lowest BCUT2D eigenvalue weighted by molar-refractivity contribution is 0.0931. The molecule has 0 saturated heterocycles. The van der Waals surface area contributed by atoms with Crippen LogP contribution in [0, 0.1) is 6.92 Å². The van der Waals surface area contributed by atoms with Crippen molar-refractivity contribution in [2.24, 2.45) is 0 Å². The molecule has 30 heavy (non-hydrogen) atoms. The fourth-order valence-corrected chi connectivity index (χ4v) is 3.84. The van der Waals surface area contributed by atoms with Crippen molar-refractivity contribution in [1.29, 1.82) is 0 Å². The Kier molecular flexibility index (Phi) is 5.49. The standard InChI is InChI=1S/C22H19N5O2S/c1-14-12-19(28)20(26-27(14)17-6-4-3-5-7-17)21(29)24-15(2)22-25-18(13-30-22)16-8-10-23-11-9-16/h3-13,15H,1-2H3,(H,24,29). The van der Waals surface area contributed by atoms with Gasteiger partial charge in [0.1, 0.15) is 5.01 Å². The van der Waals surface area contributed by atoms with Gasteiger partial charge in [-0.3, -0.25) is 14.6 Å². The van der Waals surface area contributed by atoms with E-state index in [1.807, 2.05) is 54.8 Å². The Bertz CT molecular complexity index is 1240. The lowest BCUT2D eigenvalue weighted by Crippen LogP contribution is -2.33. The van der Waals surface area contributed by atoms with Crippen LogP contribution in [-0.2, 0) is 0 Å². The summed E-state index contributed by atoms with van der Waals surface area (Å²) in [5.74, 6) is -0.530. The van der Waals surface area contributed by atoms with Crippen LogP contribution in [0.1, 0.15) is 34.2 Å². The van der Waals surface area contributed by atoms with Crippen molar-refractivity contribution in [3.63, 3.8) is 0 Å². The molecule has 150 valence electrons. The van der Waals surface area contributed by atoms with Crippen LogP contribution in [0.2, 0.25) is 0 Å². The molecule has 0 aliphatic heterocycles. The number of nitrogens with one attached hydrogen (secondary N) is 1. The van der Waals surface area contributed by atoms with Crippen molar-refractivity contribution in [2.45, 2.75) is 19.9 Å². The summed E-state index contributed by atoms with van der Waals surface area (Å²) in [6.45, 7) is 3.61. The van der Waals surface area contributed by atoms with Crippen molar-refractivity contribution in [3.8, 4) is 16.9 Å². The Morgan fingerprint density at radius 2 is 1.87 bits per heavy atom. The quantitative estimate of drug-likeness (QED) is 0.536. The van der Waals surface area contributed by atoms with Gasteiger partial charge in [0.05, 0.1) is 17.4 Å². The highest BCUT2D eigenvalue weighted by Crippen LogP contribution is 2.25. The Morgan fingerprint density at radius 1 is 1.13 bits per heavy atom. The minimum absolute atomic E-state index is 0.151. The van der Waals surface area contributed by atoms with Gasteiger partial charge in [-0.15, -0.1) is 11.3 Å². The highest BCUT2D eigenvalue weighted by atomic mass is 32.1. The summed E-state index contributed by atoms with van der Waals surface area (Å²) in [7, 11) is 0. The van der Waals surface area contributed by atoms with Gasteiger partial charge in [-0.1, -0.05) is 18.2 Å². The molecule has 0 aliphatic rings. The van der Waals surface area contributed by atoms with E-state index in [-0.39, 0.29) is 11.7 Å². The highest BCUT2D eigenvalue weighted by Gasteiger charge is 2.20. The predicted octanol–water partition coefficient (Wildman–Crippen LogP) is 3.55. The fraction of sp³-hybridized carbons (Fsp3) is 0.136. The number of nitrogens with zero attached hydrogens (tertiary/aromatic N) is 4. The molecule has 1 unspecified atom stereocenters. The second-order valence-electron chi connectivity index (χ2n) is 6.75. The van der Waals surface area contributed by atoms with E-state index in [0.717, 1.165) is 22.0 Å². The molecule has 0 bridgehead atoms. The van der Waals surface area contributed by atoms with E-state index in [4.69, 9.17) is 0 Å². The molecule has 3 heterocycles. The van der Waals surface area contributed by atoms with Gasteiger partial charge in [0.15, 0.2) is 5.69 Å². The molecule has 4 aromatic rings. The Hall–Kier alpha value is -3.65. The van der Waals surface area contributed by atoms with Gasteiger partial charge in [0, 0.05) is 35.1 Å². The van der Waals surface area contributed by atoms with Gasteiger partial charge in [-0.05, 0) is 38.1 Å². The van der Waals surface area contributed by atoms with Crippen LogP contribution in [0.25, 0.3) is 16.9 Å². The smallest absolute Gasteiger partial charge is 0.276 e. The normalized spacial score (nSPS) is 11.8. The molecule has 8 heteroatoms. The van der Waals surface area contributed by atoms with Gasteiger partial charge in [0.25, 0.3) is 5.91 Å². The zero-order valence-corrected chi connectivity index (χ0v) is 17.3. The molecule has 1 amide bonds. The Morgan fingerprint density at radius 3 is 2.60 bits per heavy atom. The number of benzene rings is 1. The first-order chi connectivity index (χ1) is 14.5. The zero-order valence-electron chi connectivity index (χ0n) is 16.4. The number of amides is 1. The van der Waals surface area contributed by atoms with Crippen LogP contribution in [0.4, 0.5) is 0 Å². The maximum atomic E-state index is 12.8. The van der Waals surface area contributed by atoms with Crippen molar-refractivity contribution in [3.05, 3.63) is 92.9 Å². The van der Waals surface area contributed by atoms with Crippen LogP contribution in [0.15, 0.2) is 71.1 Å². The third-order valence-corrected chi connectivity index (χ3v) is 5.57. The van der Waals surface area contributed by atoms with Gasteiger partial charge < -0.3 is 5.32 Å². The van der Waals surface area contributed by atoms with Crippen LogP contribution in [-0.4, -0.2) is 25.7 Å². The van der Waals surface area contributed by atoms with Crippen LogP contribution < -0.4 is 10.7 Å². The largest absolute Gasteiger partial charge is 0.342 e. The summed E-state index contributed by atoms with van der Waals surface area (Å²) < 4.78 is 1.59. The van der Waals surface area contributed by atoms with Gasteiger partial charge in [-0.2, -0.15) is 5.10 Å². The SMILES string of the molecule is Cc1cc(=O)c(C(=O)NC(C)c2nc(-c3ccncc3)cs2)nn1-c1ccccc1. The van der Waals surface area contributed by atoms with Crippen molar-refractivity contribution >= 4 is 17.2 Å². The fourth-order valence-electron chi connectivity index (χ4n) is 3.00. The molecule has 4 rings (SSSR count). The Labute approximate surface area is 177 Å². The number of aryl methyl sites for hydroxylation is 1. The Balaban J connectivity index is 1.57. The van der Waals surface area contributed by atoms with Crippen LogP contribution in [0.5, 0.6) is 0 Å². The lowest BCUT2D eigenvalue weighted by Gasteiger charge is -2.13. The number of hydrogen-bond acceptors (Lipinski definition) is 6. The molecule has 1 N–H and O–H groups in total. The summed E-state index contributed by atoms with van der Waals surface area (Å²) in [6, 6.07) is 14.2. The van der Waals surface area contributed by atoms with E-state index < -0.39 is 11.3 Å². The monoisotopic (exact) mass is 417 g/mol. The third-order valence-electron chi connectivity index (χ3n) is 4.54. The zero-order chi connectivity index (χ0) is 21.1. The van der Waals surface area contributed by atoms with E-state index in [2.05, 4.69) is 20.4 Å². The van der Waals surface area contributed by atoms with Crippen molar-refractivity contribution < 1.29 is 4.79 Å². The van der Waals surface area contributed by atoms with E-state index in [9.17, 15) is 9.59 Å². The topological polar surface area (TPSA) is 89.8 Å². The minimum atomic E-state index is -0.530. The van der Waals surface area contributed by atoms with Gasteiger partial charge >= 0.3 is 0 Å². The summed E-state index contributed by atoms with van der Waals surface area (Å²) in [5.41, 5.74) is 2.63.